The van der Waals surface area contributed by atoms with Crippen LogP contribution in [-0.4, -0.2) is 38.0 Å². The van der Waals surface area contributed by atoms with E-state index in [1.807, 2.05) is 0 Å². The van der Waals surface area contributed by atoms with Crippen LogP contribution in [0.4, 0.5) is 0 Å². The molecule has 100 valence electrons. The normalized spacial score (nSPS) is 10.5. The first-order valence-electron chi connectivity index (χ1n) is 5.80. The van der Waals surface area contributed by atoms with Crippen LogP contribution >= 0.6 is 0 Å². The zero-order chi connectivity index (χ0) is 14.0. The molecular weight excluding hydrogens is 246 g/mol. The molecule has 7 nitrogen and oxygen atoms in total. The van der Waals surface area contributed by atoms with Gasteiger partial charge in [-0.3, -0.25) is 14.7 Å². The van der Waals surface area contributed by atoms with E-state index in [4.69, 9.17) is 0 Å². The van der Waals surface area contributed by atoms with Gasteiger partial charge in [-0.15, -0.1) is 0 Å². The van der Waals surface area contributed by atoms with Gasteiger partial charge in [-0.2, -0.15) is 5.10 Å². The number of carbonyl (C=O) groups excluding carboxylic acids is 1. The summed E-state index contributed by atoms with van der Waals surface area (Å²) < 4.78 is 0. The fourth-order valence-corrected chi connectivity index (χ4v) is 1.69. The van der Waals surface area contributed by atoms with Crippen molar-refractivity contribution in [2.24, 2.45) is 0 Å². The van der Waals surface area contributed by atoms with E-state index >= 15 is 0 Å². The molecule has 2 aromatic heterocycles. The standard InChI is InChI=1S/C12H15N5O2/c1-7-4-5-9(11(18)13-7)12(19)17(3)6-10-14-8(2)15-16-10/h4-5H,6H2,1-3H3,(H,13,18)(H,14,15,16). The fourth-order valence-electron chi connectivity index (χ4n) is 1.69. The van der Waals surface area contributed by atoms with Crippen molar-refractivity contribution in [1.29, 1.82) is 0 Å². The summed E-state index contributed by atoms with van der Waals surface area (Å²) in [5.41, 5.74) is 0.442. The minimum absolute atomic E-state index is 0.111. The molecule has 2 rings (SSSR count). The molecule has 0 unspecified atom stereocenters. The van der Waals surface area contributed by atoms with Crippen molar-refractivity contribution < 1.29 is 4.79 Å². The van der Waals surface area contributed by atoms with Crippen LogP contribution in [0.1, 0.15) is 27.7 Å². The molecule has 0 aliphatic heterocycles. The van der Waals surface area contributed by atoms with E-state index < -0.39 is 0 Å². The van der Waals surface area contributed by atoms with Gasteiger partial charge in [0, 0.05) is 12.7 Å². The number of nitrogens with zero attached hydrogens (tertiary/aromatic N) is 3. The molecule has 2 heterocycles. The zero-order valence-corrected chi connectivity index (χ0v) is 11.0. The Labute approximate surface area is 109 Å². The first-order chi connectivity index (χ1) is 8.97. The highest BCUT2D eigenvalue weighted by molar-refractivity contribution is 5.93. The lowest BCUT2D eigenvalue weighted by Gasteiger charge is -2.14. The molecular formula is C12H15N5O2. The van der Waals surface area contributed by atoms with E-state index in [1.165, 1.54) is 11.0 Å². The molecule has 2 aromatic rings. The van der Waals surface area contributed by atoms with Gasteiger partial charge in [-0.25, -0.2) is 4.98 Å². The summed E-state index contributed by atoms with van der Waals surface area (Å²) in [6, 6.07) is 3.22. The van der Waals surface area contributed by atoms with Crippen molar-refractivity contribution in [3.63, 3.8) is 0 Å². The van der Waals surface area contributed by atoms with Crippen LogP contribution in [0, 0.1) is 13.8 Å². The van der Waals surface area contributed by atoms with Gasteiger partial charge in [0.15, 0.2) is 5.82 Å². The molecule has 1 amide bonds. The summed E-state index contributed by atoms with van der Waals surface area (Å²) in [6.45, 7) is 3.79. The molecule has 0 aromatic carbocycles. The van der Waals surface area contributed by atoms with Crippen LogP contribution in [0.2, 0.25) is 0 Å². The van der Waals surface area contributed by atoms with Crippen LogP contribution < -0.4 is 5.56 Å². The number of carbonyl (C=O) groups is 1. The lowest BCUT2D eigenvalue weighted by molar-refractivity contribution is 0.0780. The third-order valence-corrected chi connectivity index (χ3v) is 2.65. The number of amides is 1. The number of H-pyrrole nitrogens is 2. The second-order valence-corrected chi connectivity index (χ2v) is 4.38. The molecule has 2 N–H and O–H groups in total. The lowest BCUT2D eigenvalue weighted by atomic mass is 10.2. The Bertz CT molecular complexity index is 658. The number of aryl methyl sites for hydroxylation is 2. The number of hydrogen-bond acceptors (Lipinski definition) is 4. The van der Waals surface area contributed by atoms with E-state index in [1.54, 1.807) is 27.0 Å². The quantitative estimate of drug-likeness (QED) is 0.835. The average Bonchev–Trinajstić information content (AvgIpc) is 2.74. The maximum atomic E-state index is 12.1. The Morgan fingerprint density at radius 3 is 2.68 bits per heavy atom. The predicted octanol–water partition coefficient (Wildman–Crippen LogP) is 0.382. The molecule has 0 aliphatic carbocycles. The number of nitrogens with one attached hydrogen (secondary N) is 2. The third kappa shape index (κ3) is 2.87. The third-order valence-electron chi connectivity index (χ3n) is 2.65. The van der Waals surface area contributed by atoms with Crippen molar-refractivity contribution in [1.82, 2.24) is 25.1 Å². The number of pyridine rings is 1. The summed E-state index contributed by atoms with van der Waals surface area (Å²) in [5, 5.41) is 6.66. The van der Waals surface area contributed by atoms with Crippen molar-refractivity contribution in [3.8, 4) is 0 Å². The molecule has 0 radical (unpaired) electrons. The minimum atomic E-state index is -0.386. The van der Waals surface area contributed by atoms with Crippen molar-refractivity contribution in [2.75, 3.05) is 7.05 Å². The van der Waals surface area contributed by atoms with Crippen LogP contribution in [0.5, 0.6) is 0 Å². The summed E-state index contributed by atoms with van der Waals surface area (Å²) in [6.07, 6.45) is 0. The van der Waals surface area contributed by atoms with Crippen molar-refractivity contribution >= 4 is 5.91 Å². The number of aromatic nitrogens is 4. The second kappa shape index (κ2) is 5.05. The van der Waals surface area contributed by atoms with Crippen LogP contribution in [0.25, 0.3) is 0 Å². The minimum Gasteiger partial charge on any atom is -0.334 e. The lowest BCUT2D eigenvalue weighted by Crippen LogP contribution is -2.31. The van der Waals surface area contributed by atoms with Gasteiger partial charge in [0.05, 0.1) is 6.54 Å². The van der Waals surface area contributed by atoms with Gasteiger partial charge in [-0.05, 0) is 26.0 Å². The summed E-state index contributed by atoms with van der Waals surface area (Å²) in [4.78, 5) is 32.0. The van der Waals surface area contributed by atoms with E-state index in [9.17, 15) is 9.59 Å². The fraction of sp³-hybridized carbons (Fsp3) is 0.333. The highest BCUT2D eigenvalue weighted by Crippen LogP contribution is 2.03. The number of hydrogen-bond donors (Lipinski definition) is 2. The van der Waals surface area contributed by atoms with Crippen LogP contribution in [0.15, 0.2) is 16.9 Å². The predicted molar refractivity (Wildman–Crippen MR) is 68.7 cm³/mol. The Kier molecular flexibility index (Phi) is 3.46. The zero-order valence-electron chi connectivity index (χ0n) is 11.0. The Hall–Kier alpha value is -2.44. The number of rotatable bonds is 3. The van der Waals surface area contributed by atoms with Gasteiger partial charge in [0.1, 0.15) is 11.4 Å². The Morgan fingerprint density at radius 2 is 2.11 bits per heavy atom. The van der Waals surface area contributed by atoms with E-state index in [2.05, 4.69) is 20.2 Å². The molecule has 7 heteroatoms. The summed E-state index contributed by atoms with van der Waals surface area (Å²) >= 11 is 0. The van der Waals surface area contributed by atoms with Gasteiger partial charge in [-0.1, -0.05) is 0 Å². The molecule has 0 bridgehead atoms. The van der Waals surface area contributed by atoms with E-state index in [0.29, 0.717) is 17.3 Å². The van der Waals surface area contributed by atoms with Crippen LogP contribution in [-0.2, 0) is 6.54 Å². The molecule has 0 aliphatic rings. The van der Waals surface area contributed by atoms with Gasteiger partial charge in [0.25, 0.3) is 11.5 Å². The average molecular weight is 261 g/mol. The van der Waals surface area contributed by atoms with Crippen molar-refractivity contribution in [3.05, 3.63) is 45.4 Å². The summed E-state index contributed by atoms with van der Waals surface area (Å²) in [5.74, 6) is 0.838. The Balaban J connectivity index is 2.17. The maximum Gasteiger partial charge on any atom is 0.260 e. The smallest absolute Gasteiger partial charge is 0.260 e. The SMILES string of the molecule is Cc1ccc(C(=O)N(C)Cc2n[nH]c(C)n2)c(=O)[nH]1. The first-order valence-corrected chi connectivity index (χ1v) is 5.80. The van der Waals surface area contributed by atoms with Gasteiger partial charge in [0.2, 0.25) is 0 Å². The monoisotopic (exact) mass is 261 g/mol. The summed E-state index contributed by atoms with van der Waals surface area (Å²) in [7, 11) is 1.60. The molecule has 0 saturated heterocycles. The first kappa shape index (κ1) is 13.0. The number of aromatic amines is 2. The van der Waals surface area contributed by atoms with Gasteiger partial charge < -0.3 is 9.88 Å². The van der Waals surface area contributed by atoms with Crippen LogP contribution in [0.3, 0.4) is 0 Å². The highest BCUT2D eigenvalue weighted by Gasteiger charge is 2.16. The molecule has 0 saturated carbocycles. The Morgan fingerprint density at radius 1 is 1.37 bits per heavy atom. The molecule has 0 atom stereocenters. The van der Waals surface area contributed by atoms with Crippen molar-refractivity contribution in [2.45, 2.75) is 20.4 Å². The molecule has 0 spiro atoms. The second-order valence-electron chi connectivity index (χ2n) is 4.38. The molecule has 19 heavy (non-hydrogen) atoms. The van der Waals surface area contributed by atoms with E-state index in [-0.39, 0.29) is 23.6 Å². The van der Waals surface area contributed by atoms with Gasteiger partial charge >= 0.3 is 0 Å². The van der Waals surface area contributed by atoms with E-state index in [0.717, 1.165) is 0 Å². The topological polar surface area (TPSA) is 94.7 Å². The largest absolute Gasteiger partial charge is 0.334 e. The maximum absolute atomic E-state index is 12.1. The highest BCUT2D eigenvalue weighted by atomic mass is 16.2. The molecule has 0 fully saturated rings.